The number of ketones is 1. The summed E-state index contributed by atoms with van der Waals surface area (Å²) in [5, 5.41) is 7.21. The first-order chi connectivity index (χ1) is 13.4. The van der Waals surface area contributed by atoms with Crippen molar-refractivity contribution >= 4 is 17.6 Å². The monoisotopic (exact) mass is 389 g/mol. The summed E-state index contributed by atoms with van der Waals surface area (Å²) in [6, 6.07) is 1.10. The number of halogens is 1. The number of methoxy groups -OCH3 is 1. The van der Waals surface area contributed by atoms with Gasteiger partial charge in [0.1, 0.15) is 30.6 Å². The first kappa shape index (κ1) is 19.9. The fraction of sp³-hybridized carbons (Fsp3) is 0.526. The highest BCUT2D eigenvalue weighted by molar-refractivity contribution is 6.10. The average molecular weight is 389 g/mol. The molecule has 2 aromatic rings. The zero-order valence-electron chi connectivity index (χ0n) is 16.1. The normalized spacial score (nSPS) is 24.1. The van der Waals surface area contributed by atoms with Crippen LogP contribution in [0.25, 0.3) is 0 Å². The SMILES string of the molecule is CC[C@H]1C[C@@H](Nc2ncncc2C(=O)c2ccn(CC(=O)OC)n2)[C@@H](F)[C@@H]1C. The van der Waals surface area contributed by atoms with E-state index >= 15 is 0 Å². The Morgan fingerprint density at radius 3 is 2.89 bits per heavy atom. The second-order valence-electron chi connectivity index (χ2n) is 7.05. The van der Waals surface area contributed by atoms with Gasteiger partial charge in [-0.2, -0.15) is 5.10 Å². The predicted molar refractivity (Wildman–Crippen MR) is 99.6 cm³/mol. The van der Waals surface area contributed by atoms with E-state index in [0.29, 0.717) is 18.2 Å². The lowest BCUT2D eigenvalue weighted by Crippen LogP contribution is -2.29. The maximum Gasteiger partial charge on any atom is 0.327 e. The highest BCUT2D eigenvalue weighted by atomic mass is 19.1. The van der Waals surface area contributed by atoms with Gasteiger partial charge in [0.25, 0.3) is 0 Å². The van der Waals surface area contributed by atoms with Gasteiger partial charge in [0.2, 0.25) is 5.78 Å². The van der Waals surface area contributed by atoms with Gasteiger partial charge in [-0.1, -0.05) is 20.3 Å². The molecule has 2 aromatic heterocycles. The van der Waals surface area contributed by atoms with Gasteiger partial charge in [-0.05, 0) is 24.3 Å². The minimum Gasteiger partial charge on any atom is -0.468 e. The number of ether oxygens (including phenoxy) is 1. The molecule has 1 aliphatic carbocycles. The molecule has 0 amide bonds. The van der Waals surface area contributed by atoms with Gasteiger partial charge < -0.3 is 10.1 Å². The number of hydrogen-bond donors (Lipinski definition) is 1. The maximum atomic E-state index is 14.7. The second kappa shape index (κ2) is 8.45. The highest BCUT2D eigenvalue weighted by Gasteiger charge is 2.40. The minimum atomic E-state index is -1.01. The van der Waals surface area contributed by atoms with Crippen LogP contribution in [0.5, 0.6) is 0 Å². The van der Waals surface area contributed by atoms with E-state index in [1.807, 2.05) is 6.92 Å². The molecule has 0 aliphatic heterocycles. The van der Waals surface area contributed by atoms with E-state index in [1.165, 1.54) is 36.6 Å². The molecule has 1 N–H and O–H groups in total. The summed E-state index contributed by atoms with van der Waals surface area (Å²) in [5.74, 6) is -0.332. The number of rotatable bonds is 7. The van der Waals surface area contributed by atoms with Gasteiger partial charge in [-0.25, -0.2) is 14.4 Å². The zero-order valence-corrected chi connectivity index (χ0v) is 16.1. The molecule has 1 fully saturated rings. The van der Waals surface area contributed by atoms with Crippen molar-refractivity contribution in [1.29, 1.82) is 0 Å². The van der Waals surface area contributed by atoms with Crippen LogP contribution in [0.3, 0.4) is 0 Å². The van der Waals surface area contributed by atoms with Crippen LogP contribution >= 0.6 is 0 Å². The topological polar surface area (TPSA) is 99.0 Å². The molecule has 0 radical (unpaired) electrons. The van der Waals surface area contributed by atoms with Crippen molar-refractivity contribution in [2.45, 2.75) is 45.4 Å². The van der Waals surface area contributed by atoms with Crippen LogP contribution in [0.2, 0.25) is 0 Å². The number of alkyl halides is 1. The van der Waals surface area contributed by atoms with Crippen molar-refractivity contribution in [3.8, 4) is 0 Å². The van der Waals surface area contributed by atoms with E-state index in [4.69, 9.17) is 0 Å². The predicted octanol–water partition coefficient (Wildman–Crippen LogP) is 2.26. The van der Waals surface area contributed by atoms with Gasteiger partial charge in [-0.15, -0.1) is 0 Å². The Morgan fingerprint density at radius 1 is 1.43 bits per heavy atom. The molecule has 4 atom stereocenters. The second-order valence-corrected chi connectivity index (χ2v) is 7.05. The van der Waals surface area contributed by atoms with Gasteiger partial charge in [0.05, 0.1) is 18.7 Å². The number of nitrogens with zero attached hydrogens (tertiary/aromatic N) is 4. The standard InChI is InChI=1S/C19H24FN5O3/c1-4-12-7-15(17(20)11(12)2)23-19-13(8-21-10-22-19)18(27)14-5-6-25(24-14)9-16(26)28-3/h5-6,8,10-12,15,17H,4,7,9H2,1-3H3,(H,21,22,23)/t11-,12+,15-,17+/m1/s1. The van der Waals surface area contributed by atoms with Crippen LogP contribution in [-0.4, -0.2) is 50.8 Å². The molecule has 0 spiro atoms. The molecular formula is C19H24FN5O3. The Morgan fingerprint density at radius 2 is 2.21 bits per heavy atom. The molecule has 2 heterocycles. The summed E-state index contributed by atoms with van der Waals surface area (Å²) in [6.07, 6.45) is 4.81. The number of carbonyl (C=O) groups excluding carboxylic acids is 2. The molecule has 1 aliphatic rings. The van der Waals surface area contributed by atoms with Crippen LogP contribution in [0, 0.1) is 11.8 Å². The van der Waals surface area contributed by atoms with E-state index in [9.17, 15) is 14.0 Å². The molecule has 8 nitrogen and oxygen atoms in total. The zero-order chi connectivity index (χ0) is 20.3. The van der Waals surface area contributed by atoms with Gasteiger partial charge in [0, 0.05) is 12.4 Å². The molecule has 150 valence electrons. The number of anilines is 1. The van der Waals surface area contributed by atoms with Crippen LogP contribution < -0.4 is 5.32 Å². The van der Waals surface area contributed by atoms with Crippen molar-refractivity contribution in [3.63, 3.8) is 0 Å². The van der Waals surface area contributed by atoms with Gasteiger partial charge in [-0.3, -0.25) is 14.3 Å². The fourth-order valence-electron chi connectivity index (χ4n) is 3.67. The lowest BCUT2D eigenvalue weighted by atomic mass is 9.95. The summed E-state index contributed by atoms with van der Waals surface area (Å²) < 4.78 is 20.6. The Bertz CT molecular complexity index is 856. The maximum absolute atomic E-state index is 14.7. The van der Waals surface area contributed by atoms with E-state index < -0.39 is 24.0 Å². The van der Waals surface area contributed by atoms with Crippen LogP contribution in [0.4, 0.5) is 10.2 Å². The van der Waals surface area contributed by atoms with Crippen LogP contribution in [0.1, 0.15) is 42.7 Å². The Kier molecular flexibility index (Phi) is 6.01. The average Bonchev–Trinajstić information content (AvgIpc) is 3.27. The molecule has 0 unspecified atom stereocenters. The molecule has 0 aromatic carbocycles. The van der Waals surface area contributed by atoms with Crippen molar-refractivity contribution in [3.05, 3.63) is 36.0 Å². The lowest BCUT2D eigenvalue weighted by molar-refractivity contribution is -0.141. The smallest absolute Gasteiger partial charge is 0.327 e. The van der Waals surface area contributed by atoms with Gasteiger partial charge in [0.15, 0.2) is 0 Å². The summed E-state index contributed by atoms with van der Waals surface area (Å²) in [6.45, 7) is 3.88. The Balaban J connectivity index is 1.79. The highest BCUT2D eigenvalue weighted by Crippen LogP contribution is 2.37. The molecule has 3 rings (SSSR count). The van der Waals surface area contributed by atoms with E-state index in [0.717, 1.165) is 6.42 Å². The van der Waals surface area contributed by atoms with Crippen LogP contribution in [-0.2, 0) is 16.1 Å². The number of carbonyl (C=O) groups is 2. The van der Waals surface area contributed by atoms with Gasteiger partial charge >= 0.3 is 5.97 Å². The fourth-order valence-corrected chi connectivity index (χ4v) is 3.67. The lowest BCUT2D eigenvalue weighted by Gasteiger charge is -2.18. The summed E-state index contributed by atoms with van der Waals surface area (Å²) in [7, 11) is 1.28. The first-order valence-electron chi connectivity index (χ1n) is 9.30. The van der Waals surface area contributed by atoms with E-state index in [2.05, 4.69) is 32.0 Å². The molecule has 0 bridgehead atoms. The quantitative estimate of drug-likeness (QED) is 0.573. The number of esters is 1. The largest absolute Gasteiger partial charge is 0.468 e. The number of hydrogen-bond acceptors (Lipinski definition) is 7. The molecule has 28 heavy (non-hydrogen) atoms. The third-order valence-electron chi connectivity index (χ3n) is 5.38. The molecule has 0 saturated heterocycles. The minimum absolute atomic E-state index is 0.0440. The molecule has 1 saturated carbocycles. The van der Waals surface area contributed by atoms with Crippen molar-refractivity contribution in [1.82, 2.24) is 19.7 Å². The molecular weight excluding hydrogens is 365 g/mol. The first-order valence-corrected chi connectivity index (χ1v) is 9.30. The summed E-state index contributed by atoms with van der Waals surface area (Å²) >= 11 is 0. The van der Waals surface area contributed by atoms with E-state index in [1.54, 1.807) is 0 Å². The summed E-state index contributed by atoms with van der Waals surface area (Å²) in [5.41, 5.74) is 0.357. The Labute approximate surface area is 162 Å². The Hall–Kier alpha value is -2.84. The number of aromatic nitrogens is 4. The third-order valence-corrected chi connectivity index (χ3v) is 5.38. The van der Waals surface area contributed by atoms with Crippen molar-refractivity contribution < 1.29 is 18.7 Å². The third kappa shape index (κ3) is 4.02. The summed E-state index contributed by atoms with van der Waals surface area (Å²) in [4.78, 5) is 32.3. The number of nitrogens with one attached hydrogen (secondary N) is 1. The van der Waals surface area contributed by atoms with E-state index in [-0.39, 0.29) is 23.7 Å². The van der Waals surface area contributed by atoms with Crippen molar-refractivity contribution in [2.75, 3.05) is 12.4 Å². The van der Waals surface area contributed by atoms with Crippen LogP contribution in [0.15, 0.2) is 24.8 Å². The van der Waals surface area contributed by atoms with Crippen molar-refractivity contribution in [2.24, 2.45) is 11.8 Å². The molecule has 9 heteroatoms.